The summed E-state index contributed by atoms with van der Waals surface area (Å²) in [5.41, 5.74) is 27.0. The molecule has 0 aromatic heterocycles. The van der Waals surface area contributed by atoms with Crippen LogP contribution in [0.3, 0.4) is 0 Å². The zero-order chi connectivity index (χ0) is 28.7. The highest BCUT2D eigenvalue weighted by Crippen LogP contribution is 2.09. The second-order valence-corrected chi connectivity index (χ2v) is 9.36. The first-order chi connectivity index (χ1) is 17.2. The topological polar surface area (TPSA) is 279 Å². The lowest BCUT2D eigenvalue weighted by Gasteiger charge is -2.28. The molecule has 0 heterocycles. The molecule has 4 unspecified atom stereocenters. The van der Waals surface area contributed by atoms with Gasteiger partial charge < -0.3 is 49.7 Å². The van der Waals surface area contributed by atoms with Crippen molar-refractivity contribution in [2.75, 3.05) is 13.1 Å². The maximum atomic E-state index is 13.0. The van der Waals surface area contributed by atoms with Crippen molar-refractivity contribution in [2.24, 2.45) is 50.5 Å². The number of nitrogens with two attached hydrogens (primary N) is 5. The number of amides is 3. The molecule has 0 aromatic carbocycles. The normalized spacial score (nSPS) is 14.1. The highest BCUT2D eigenvalue weighted by atomic mass is 16.4. The van der Waals surface area contributed by atoms with E-state index in [4.69, 9.17) is 28.7 Å². The Balaban J connectivity index is 5.23. The molecule has 0 saturated heterocycles. The van der Waals surface area contributed by atoms with Crippen molar-refractivity contribution < 1.29 is 24.3 Å². The fraction of sp³-hybridized carbons (Fsp3) is 0.727. The molecular weight excluding hydrogens is 484 g/mol. The predicted molar refractivity (Wildman–Crippen MR) is 141 cm³/mol. The maximum Gasteiger partial charge on any atom is 0.326 e. The van der Waals surface area contributed by atoms with Gasteiger partial charge in [-0.25, -0.2) is 4.79 Å². The van der Waals surface area contributed by atoms with Crippen LogP contribution in [0.15, 0.2) is 9.98 Å². The van der Waals surface area contributed by atoms with Crippen LogP contribution in [0, 0.1) is 11.8 Å². The first-order valence-electron chi connectivity index (χ1n) is 12.2. The van der Waals surface area contributed by atoms with E-state index in [0.29, 0.717) is 25.8 Å². The van der Waals surface area contributed by atoms with E-state index >= 15 is 0 Å². The maximum absolute atomic E-state index is 13.0. The van der Waals surface area contributed by atoms with Gasteiger partial charge in [-0.15, -0.1) is 0 Å². The van der Waals surface area contributed by atoms with Crippen LogP contribution in [-0.4, -0.2) is 78.0 Å². The lowest BCUT2D eigenvalue weighted by atomic mass is 9.98. The summed E-state index contributed by atoms with van der Waals surface area (Å²) in [7, 11) is 0. The number of aliphatic carboxylic acids is 1. The molecule has 14 N–H and O–H groups in total. The molecule has 0 rings (SSSR count). The fourth-order valence-corrected chi connectivity index (χ4v) is 3.25. The molecule has 0 aromatic rings. The number of rotatable bonds is 17. The summed E-state index contributed by atoms with van der Waals surface area (Å²) in [6, 6.07) is -4.10. The van der Waals surface area contributed by atoms with E-state index in [2.05, 4.69) is 25.9 Å². The summed E-state index contributed by atoms with van der Waals surface area (Å²) in [5.74, 6) is -3.88. The summed E-state index contributed by atoms with van der Waals surface area (Å²) in [6.07, 6.45) is 1.17. The average Bonchev–Trinajstić information content (AvgIpc) is 2.78. The highest BCUT2D eigenvalue weighted by Gasteiger charge is 2.32. The first-order valence-corrected chi connectivity index (χ1v) is 12.2. The number of guanidine groups is 2. The van der Waals surface area contributed by atoms with Gasteiger partial charge >= 0.3 is 5.97 Å². The fourth-order valence-electron chi connectivity index (χ4n) is 3.25. The van der Waals surface area contributed by atoms with Gasteiger partial charge in [-0.05, 0) is 37.5 Å². The minimum absolute atomic E-state index is 0.0565. The molecule has 4 atom stereocenters. The summed E-state index contributed by atoms with van der Waals surface area (Å²) >= 11 is 0. The smallest absolute Gasteiger partial charge is 0.326 e. The SMILES string of the molecule is CC(C)C(NC(=O)C(N)CCCN=C(N)N)C(=O)NC(C(=O)NC(CCCN=C(N)N)C(=O)O)C(C)C. The number of hydrogen-bond donors (Lipinski definition) is 9. The van der Waals surface area contributed by atoms with E-state index in [1.54, 1.807) is 27.7 Å². The molecule has 0 fully saturated rings. The lowest BCUT2D eigenvalue weighted by molar-refractivity contribution is -0.143. The van der Waals surface area contributed by atoms with Crippen LogP contribution in [0.5, 0.6) is 0 Å². The monoisotopic (exact) mass is 528 g/mol. The van der Waals surface area contributed by atoms with Crippen molar-refractivity contribution in [3.05, 3.63) is 0 Å². The summed E-state index contributed by atoms with van der Waals surface area (Å²) in [6.45, 7) is 7.39. The molecule has 212 valence electrons. The molecule has 0 saturated carbocycles. The van der Waals surface area contributed by atoms with Crippen molar-refractivity contribution >= 4 is 35.6 Å². The van der Waals surface area contributed by atoms with Crippen LogP contribution in [0.4, 0.5) is 0 Å². The molecular formula is C22H44N10O5. The van der Waals surface area contributed by atoms with Gasteiger partial charge in [0.15, 0.2) is 11.9 Å². The van der Waals surface area contributed by atoms with Gasteiger partial charge in [0.2, 0.25) is 17.7 Å². The van der Waals surface area contributed by atoms with E-state index in [1.165, 1.54) is 0 Å². The number of carboxylic acids is 1. The van der Waals surface area contributed by atoms with Crippen molar-refractivity contribution in [3.8, 4) is 0 Å². The van der Waals surface area contributed by atoms with Crippen molar-refractivity contribution in [1.82, 2.24) is 16.0 Å². The van der Waals surface area contributed by atoms with E-state index < -0.39 is 47.9 Å². The number of carboxylic acid groups (broad SMARTS) is 1. The van der Waals surface area contributed by atoms with Gasteiger partial charge in [0.1, 0.15) is 18.1 Å². The Morgan fingerprint density at radius 2 is 1.11 bits per heavy atom. The third-order valence-corrected chi connectivity index (χ3v) is 5.36. The standard InChI is InChI=1S/C22H44N10O5/c1-11(2)15(18(34)30-14(20(36)37)8-6-10-29-22(26)27)32-19(35)16(12(3)4)31-17(33)13(23)7-5-9-28-21(24)25/h11-16H,5-10,23H2,1-4H3,(H,30,34)(H,31,33)(H,32,35)(H,36,37)(H4,24,25,28)(H4,26,27,29). The van der Waals surface area contributed by atoms with Crippen LogP contribution in [0.25, 0.3) is 0 Å². The van der Waals surface area contributed by atoms with Crippen molar-refractivity contribution in [3.63, 3.8) is 0 Å². The number of aliphatic imine (C=N–C) groups is 2. The number of hydrogen-bond acceptors (Lipinski definition) is 7. The van der Waals surface area contributed by atoms with Gasteiger partial charge in [-0.2, -0.15) is 0 Å². The van der Waals surface area contributed by atoms with E-state index in [1.807, 2.05) is 0 Å². The van der Waals surface area contributed by atoms with Gasteiger partial charge in [0.25, 0.3) is 0 Å². The molecule has 0 bridgehead atoms. The number of carbonyl (C=O) groups is 4. The van der Waals surface area contributed by atoms with Gasteiger partial charge in [0.05, 0.1) is 6.04 Å². The third kappa shape index (κ3) is 13.9. The van der Waals surface area contributed by atoms with E-state index in [-0.39, 0.29) is 36.7 Å². The molecule has 0 aliphatic heterocycles. The largest absolute Gasteiger partial charge is 0.480 e. The quantitative estimate of drug-likeness (QED) is 0.0533. The molecule has 3 amide bonds. The van der Waals surface area contributed by atoms with Gasteiger partial charge in [0, 0.05) is 13.1 Å². The Labute approximate surface area is 217 Å². The Hall–Kier alpha value is -3.62. The van der Waals surface area contributed by atoms with Crippen LogP contribution < -0.4 is 44.6 Å². The minimum atomic E-state index is -1.23. The first kappa shape index (κ1) is 33.4. The third-order valence-electron chi connectivity index (χ3n) is 5.36. The zero-order valence-electron chi connectivity index (χ0n) is 22.1. The Kier molecular flexibility index (Phi) is 15.3. The van der Waals surface area contributed by atoms with Crippen LogP contribution >= 0.6 is 0 Å². The second kappa shape index (κ2) is 16.9. The highest BCUT2D eigenvalue weighted by molar-refractivity contribution is 5.94. The average molecular weight is 529 g/mol. The zero-order valence-corrected chi connectivity index (χ0v) is 22.1. The summed E-state index contributed by atoms with van der Waals surface area (Å²) < 4.78 is 0. The van der Waals surface area contributed by atoms with Crippen LogP contribution in [0.1, 0.15) is 53.4 Å². The van der Waals surface area contributed by atoms with E-state index in [9.17, 15) is 24.3 Å². The minimum Gasteiger partial charge on any atom is -0.480 e. The molecule has 0 aliphatic rings. The molecule has 15 heteroatoms. The van der Waals surface area contributed by atoms with Gasteiger partial charge in [-0.3, -0.25) is 24.4 Å². The van der Waals surface area contributed by atoms with Crippen molar-refractivity contribution in [1.29, 1.82) is 0 Å². The molecule has 0 aliphatic carbocycles. The number of nitrogens with one attached hydrogen (secondary N) is 3. The summed E-state index contributed by atoms with van der Waals surface area (Å²) in [5, 5.41) is 17.2. The second-order valence-electron chi connectivity index (χ2n) is 9.36. The Morgan fingerprint density at radius 1 is 0.703 bits per heavy atom. The van der Waals surface area contributed by atoms with Crippen molar-refractivity contribution in [2.45, 2.75) is 77.5 Å². The molecule has 0 radical (unpaired) electrons. The molecule has 37 heavy (non-hydrogen) atoms. The Morgan fingerprint density at radius 3 is 1.51 bits per heavy atom. The van der Waals surface area contributed by atoms with Gasteiger partial charge in [-0.1, -0.05) is 27.7 Å². The number of carbonyl (C=O) groups excluding carboxylic acids is 3. The van der Waals surface area contributed by atoms with E-state index in [0.717, 1.165) is 0 Å². The lowest BCUT2D eigenvalue weighted by Crippen LogP contribution is -2.59. The molecule has 15 nitrogen and oxygen atoms in total. The number of nitrogens with zero attached hydrogens (tertiary/aromatic N) is 2. The predicted octanol–water partition coefficient (Wildman–Crippen LogP) is -2.73. The Bertz CT molecular complexity index is 823. The van der Waals surface area contributed by atoms with Crippen LogP contribution in [0.2, 0.25) is 0 Å². The summed E-state index contributed by atoms with van der Waals surface area (Å²) in [4.78, 5) is 57.7. The molecule has 0 spiro atoms. The van der Waals surface area contributed by atoms with Crippen LogP contribution in [-0.2, 0) is 19.2 Å².